The van der Waals surface area contributed by atoms with Gasteiger partial charge in [-0.2, -0.15) is 0 Å². The third-order valence-electron chi connectivity index (χ3n) is 6.83. The lowest BCUT2D eigenvalue weighted by molar-refractivity contribution is -0.697. The lowest BCUT2D eigenvalue weighted by atomic mass is 9.98. The predicted molar refractivity (Wildman–Crippen MR) is 164 cm³/mol. The van der Waals surface area contributed by atoms with Gasteiger partial charge < -0.3 is 34.5 Å². The van der Waals surface area contributed by atoms with E-state index in [9.17, 15) is 34.5 Å². The summed E-state index contributed by atoms with van der Waals surface area (Å²) in [6.45, 7) is 6.75. The minimum atomic E-state index is -6.00. The summed E-state index contributed by atoms with van der Waals surface area (Å²) in [4.78, 5) is 0. The molecule has 0 saturated heterocycles. The first kappa shape index (κ1) is 36.8. The van der Waals surface area contributed by atoms with Crippen LogP contribution in [0.4, 0.5) is 34.5 Å². The molecule has 0 aliphatic rings. The summed E-state index contributed by atoms with van der Waals surface area (Å²) in [5.74, 6) is 0. The quantitative estimate of drug-likeness (QED) is 0.0640. The van der Waals surface area contributed by atoms with E-state index in [4.69, 9.17) is 0 Å². The highest BCUT2D eigenvalue weighted by Gasteiger charge is 2.21. The molecule has 0 fully saturated rings. The smallest absolute Gasteiger partial charge is 0.418 e. The van der Waals surface area contributed by atoms with Crippen LogP contribution in [-0.2, 0) is 13.1 Å². The summed E-state index contributed by atoms with van der Waals surface area (Å²) in [5.41, 5.74) is 5.12. The average Bonchev–Trinajstić information content (AvgIpc) is 2.96. The van der Waals surface area contributed by atoms with Crippen molar-refractivity contribution in [2.45, 2.75) is 78.3 Å². The van der Waals surface area contributed by atoms with Gasteiger partial charge in [0.05, 0.1) is 0 Å². The van der Waals surface area contributed by atoms with Crippen LogP contribution in [0.5, 0.6) is 0 Å². The number of unbranched alkanes of at least 4 members (excludes halogenated alkanes) is 6. The lowest BCUT2D eigenvalue weighted by Crippen LogP contribution is -2.32. The normalized spacial score (nSPS) is 11.4. The van der Waals surface area contributed by atoms with Crippen LogP contribution in [0.1, 0.15) is 65.2 Å². The Morgan fingerprint density at radius 3 is 1.05 bits per heavy atom. The molecule has 0 unspecified atom stereocenters. The number of hydrogen-bond acceptors (Lipinski definition) is 0. The lowest BCUT2D eigenvalue weighted by Gasteiger charge is -2.07. The van der Waals surface area contributed by atoms with E-state index in [1.807, 2.05) is 0 Å². The summed E-state index contributed by atoms with van der Waals surface area (Å²) in [6, 6.07) is 22.6. The maximum Gasteiger partial charge on any atom is 0.673 e. The molecule has 44 heavy (non-hydrogen) atoms. The van der Waals surface area contributed by atoms with Crippen molar-refractivity contribution in [1.82, 2.24) is 0 Å². The molecule has 0 saturated carbocycles. The van der Waals surface area contributed by atoms with E-state index < -0.39 is 14.5 Å². The van der Waals surface area contributed by atoms with Crippen LogP contribution in [0.25, 0.3) is 33.0 Å². The fourth-order valence-corrected chi connectivity index (χ4v) is 4.64. The van der Waals surface area contributed by atoms with Crippen molar-refractivity contribution in [3.8, 4) is 22.3 Å². The first-order valence-corrected chi connectivity index (χ1v) is 15.0. The Labute approximate surface area is 255 Å². The molecule has 0 atom stereocenters. The minimum absolute atomic E-state index is 1.11. The molecule has 240 valence electrons. The Morgan fingerprint density at radius 2 is 0.750 bits per heavy atom. The van der Waals surface area contributed by atoms with Crippen molar-refractivity contribution < 1.29 is 43.7 Å². The largest absolute Gasteiger partial charge is 0.673 e. The van der Waals surface area contributed by atoms with Crippen LogP contribution in [0.2, 0.25) is 0 Å². The number of pyridine rings is 2. The second-order valence-corrected chi connectivity index (χ2v) is 10.5. The Hall–Kier alpha value is -3.43. The van der Waals surface area contributed by atoms with Gasteiger partial charge in [-0.3, -0.25) is 0 Å². The van der Waals surface area contributed by atoms with Gasteiger partial charge in [-0.05, 0) is 58.0 Å². The first-order valence-electron chi connectivity index (χ1n) is 15.0. The average molecular weight is 626 g/mol. The zero-order valence-electron chi connectivity index (χ0n) is 25.2. The van der Waals surface area contributed by atoms with Gasteiger partial charge in [0.25, 0.3) is 0 Å². The van der Waals surface area contributed by atoms with Crippen molar-refractivity contribution in [2.24, 2.45) is 0 Å². The van der Waals surface area contributed by atoms with Gasteiger partial charge in [0.1, 0.15) is 13.1 Å². The van der Waals surface area contributed by atoms with Gasteiger partial charge >= 0.3 is 14.5 Å². The summed E-state index contributed by atoms with van der Waals surface area (Å²) in [6.07, 6.45) is 19.3. The standard InChI is InChI=1S/C32H40N2.2BF4/c1-3-5-7-9-19-33-21-15-27(16-22-33)29-11-13-32-26-30(12-14-31(32)25-29)28-17-23-34(24-18-28)20-10-8-6-4-2;2*2-1(3,4)5/h11-18,21-26H,3-10,19-20H2,1-2H3;;/q+2;2*-1. The van der Waals surface area contributed by atoms with E-state index in [0.717, 1.165) is 13.1 Å². The molecule has 0 N–H and O–H groups in total. The van der Waals surface area contributed by atoms with Crippen LogP contribution in [-0.4, -0.2) is 14.5 Å². The van der Waals surface area contributed by atoms with E-state index in [-0.39, 0.29) is 0 Å². The van der Waals surface area contributed by atoms with E-state index in [0.29, 0.717) is 0 Å². The van der Waals surface area contributed by atoms with E-state index >= 15 is 0 Å². The van der Waals surface area contributed by atoms with Gasteiger partial charge in [0, 0.05) is 37.1 Å². The van der Waals surface area contributed by atoms with E-state index in [1.165, 1.54) is 84.4 Å². The number of aromatic nitrogens is 2. The van der Waals surface area contributed by atoms with Gasteiger partial charge in [-0.25, -0.2) is 9.13 Å². The Kier molecular flexibility index (Phi) is 15.4. The molecule has 0 aliphatic carbocycles. The summed E-state index contributed by atoms with van der Waals surface area (Å²) in [5, 5.41) is 2.58. The highest BCUT2D eigenvalue weighted by atomic mass is 19.5. The molecular weight excluding hydrogens is 586 g/mol. The second kappa shape index (κ2) is 18.4. The minimum Gasteiger partial charge on any atom is -0.418 e. The van der Waals surface area contributed by atoms with Crippen molar-refractivity contribution in [3.63, 3.8) is 0 Å². The zero-order valence-corrected chi connectivity index (χ0v) is 25.2. The third-order valence-corrected chi connectivity index (χ3v) is 6.83. The number of rotatable bonds is 12. The fourth-order valence-electron chi connectivity index (χ4n) is 4.64. The van der Waals surface area contributed by atoms with Crippen LogP contribution in [0, 0.1) is 0 Å². The van der Waals surface area contributed by atoms with Crippen molar-refractivity contribution >= 4 is 25.3 Å². The Bertz CT molecular complexity index is 1260. The molecule has 12 heteroatoms. The van der Waals surface area contributed by atoms with Crippen LogP contribution >= 0.6 is 0 Å². The third kappa shape index (κ3) is 15.9. The van der Waals surface area contributed by atoms with Gasteiger partial charge in [-0.15, -0.1) is 0 Å². The number of halogens is 8. The fraction of sp³-hybridized carbons (Fsp3) is 0.375. The van der Waals surface area contributed by atoms with E-state index in [2.05, 4.69) is 108 Å². The molecule has 0 radical (unpaired) electrons. The molecule has 2 nitrogen and oxygen atoms in total. The molecule has 2 heterocycles. The summed E-state index contributed by atoms with van der Waals surface area (Å²) in [7, 11) is -12.0. The molecule has 0 bridgehead atoms. The molecular formula is C32H40B2F8N2. The van der Waals surface area contributed by atoms with Crippen molar-refractivity contribution in [3.05, 3.63) is 85.5 Å². The topological polar surface area (TPSA) is 7.76 Å². The van der Waals surface area contributed by atoms with Crippen LogP contribution in [0.15, 0.2) is 85.5 Å². The summed E-state index contributed by atoms with van der Waals surface area (Å²) < 4.78 is 82.6. The van der Waals surface area contributed by atoms with Gasteiger partial charge in [0.15, 0.2) is 24.8 Å². The molecule has 2 aromatic carbocycles. The predicted octanol–water partition coefficient (Wildman–Crippen LogP) is 10.5. The Morgan fingerprint density at radius 1 is 0.432 bits per heavy atom. The van der Waals surface area contributed by atoms with Crippen molar-refractivity contribution in [1.29, 1.82) is 0 Å². The second-order valence-electron chi connectivity index (χ2n) is 10.5. The van der Waals surface area contributed by atoms with Crippen LogP contribution in [0.3, 0.4) is 0 Å². The number of hydrogen-bond donors (Lipinski definition) is 0. The maximum atomic E-state index is 9.75. The number of aryl methyl sites for hydroxylation is 2. The number of nitrogens with zero attached hydrogens (tertiary/aromatic N) is 2. The molecule has 0 aliphatic heterocycles. The monoisotopic (exact) mass is 626 g/mol. The molecule has 4 aromatic rings. The zero-order chi connectivity index (χ0) is 32.6. The highest BCUT2D eigenvalue weighted by molar-refractivity contribution is 6.50. The van der Waals surface area contributed by atoms with Crippen LogP contribution < -0.4 is 9.13 Å². The maximum absolute atomic E-state index is 9.75. The number of fused-ring (bicyclic) bond motifs is 1. The number of benzene rings is 2. The SMILES string of the molecule is CCCCCC[n+]1ccc(-c2ccc3cc(-c4cc[n+](CCCCCC)cc4)ccc3c2)cc1.F[B-](F)(F)F.F[B-](F)(F)F. The van der Waals surface area contributed by atoms with Gasteiger partial charge in [0.2, 0.25) is 0 Å². The molecule has 2 aromatic heterocycles. The molecule has 4 rings (SSSR count). The summed E-state index contributed by atoms with van der Waals surface area (Å²) >= 11 is 0. The van der Waals surface area contributed by atoms with Gasteiger partial charge in [-0.1, -0.05) is 63.8 Å². The highest BCUT2D eigenvalue weighted by Crippen LogP contribution is 2.28. The van der Waals surface area contributed by atoms with E-state index in [1.54, 1.807) is 0 Å². The Balaban J connectivity index is 0.000000586. The molecule has 0 spiro atoms. The van der Waals surface area contributed by atoms with Crippen molar-refractivity contribution in [2.75, 3.05) is 0 Å². The molecule has 0 amide bonds. The first-order chi connectivity index (χ1) is 20.8.